The van der Waals surface area contributed by atoms with Crippen LogP contribution in [-0.2, 0) is 4.79 Å². The minimum Gasteiger partial charge on any atom is -0.495 e. The van der Waals surface area contributed by atoms with E-state index in [9.17, 15) is 4.79 Å². The van der Waals surface area contributed by atoms with E-state index in [0.29, 0.717) is 5.75 Å². The van der Waals surface area contributed by atoms with Crippen LogP contribution in [0.15, 0.2) is 71.8 Å². The monoisotopic (exact) mass is 347 g/mol. The lowest BCUT2D eigenvalue weighted by Crippen LogP contribution is -2.35. The maximum Gasteiger partial charge on any atom is 0.262 e. The number of hydrogen-bond acceptors (Lipinski definition) is 4. The molecule has 0 bridgehead atoms. The standard InChI is InChI=1S/C21H21N3O2/c1-15(23-19-12-5-6-13-20(19)26-2)21(25)24-22-14-17-10-7-9-16-8-3-4-11-18(16)17/h3-15,23H,1-2H3,(H,24,25)/b22-14-/t15-/m0/s1. The maximum absolute atomic E-state index is 12.3. The van der Waals surface area contributed by atoms with Crippen molar-refractivity contribution in [2.75, 3.05) is 12.4 Å². The Morgan fingerprint density at radius 1 is 1.04 bits per heavy atom. The lowest BCUT2D eigenvalue weighted by atomic mass is 10.1. The van der Waals surface area contributed by atoms with Crippen molar-refractivity contribution in [2.24, 2.45) is 5.10 Å². The fourth-order valence-electron chi connectivity index (χ4n) is 2.69. The molecule has 3 aromatic rings. The van der Waals surface area contributed by atoms with Gasteiger partial charge in [-0.05, 0) is 29.8 Å². The highest BCUT2D eigenvalue weighted by atomic mass is 16.5. The fourth-order valence-corrected chi connectivity index (χ4v) is 2.69. The van der Waals surface area contributed by atoms with Crippen LogP contribution in [0.2, 0.25) is 0 Å². The summed E-state index contributed by atoms with van der Waals surface area (Å²) in [7, 11) is 1.60. The van der Waals surface area contributed by atoms with Crippen molar-refractivity contribution < 1.29 is 9.53 Å². The summed E-state index contributed by atoms with van der Waals surface area (Å²) in [5, 5.41) is 9.45. The first kappa shape index (κ1) is 17.5. The molecule has 0 saturated carbocycles. The lowest BCUT2D eigenvalue weighted by Gasteiger charge is -2.15. The van der Waals surface area contributed by atoms with Gasteiger partial charge < -0.3 is 10.1 Å². The fraction of sp³-hybridized carbons (Fsp3) is 0.143. The van der Waals surface area contributed by atoms with Gasteiger partial charge in [0.2, 0.25) is 0 Å². The van der Waals surface area contributed by atoms with Crippen molar-refractivity contribution in [1.29, 1.82) is 0 Å². The first-order valence-electron chi connectivity index (χ1n) is 8.39. The average molecular weight is 347 g/mol. The number of para-hydroxylation sites is 2. The van der Waals surface area contributed by atoms with E-state index >= 15 is 0 Å². The molecule has 0 aliphatic rings. The molecular formula is C21H21N3O2. The van der Waals surface area contributed by atoms with Gasteiger partial charge in [0.05, 0.1) is 19.0 Å². The summed E-state index contributed by atoms with van der Waals surface area (Å²) >= 11 is 0. The molecular weight excluding hydrogens is 326 g/mol. The first-order valence-corrected chi connectivity index (χ1v) is 8.39. The van der Waals surface area contributed by atoms with E-state index < -0.39 is 6.04 Å². The van der Waals surface area contributed by atoms with Gasteiger partial charge in [0.25, 0.3) is 5.91 Å². The summed E-state index contributed by atoms with van der Waals surface area (Å²) in [4.78, 5) is 12.3. The Morgan fingerprint density at radius 3 is 2.62 bits per heavy atom. The third kappa shape index (κ3) is 4.00. The highest BCUT2D eigenvalue weighted by molar-refractivity contribution is 6.00. The molecule has 0 aliphatic carbocycles. The van der Waals surface area contributed by atoms with Gasteiger partial charge in [0, 0.05) is 5.56 Å². The molecule has 0 aliphatic heterocycles. The molecule has 0 radical (unpaired) electrons. The topological polar surface area (TPSA) is 62.7 Å². The molecule has 2 N–H and O–H groups in total. The van der Waals surface area contributed by atoms with Crippen LogP contribution in [0.3, 0.4) is 0 Å². The minimum atomic E-state index is -0.462. The van der Waals surface area contributed by atoms with E-state index in [4.69, 9.17) is 4.74 Å². The van der Waals surface area contributed by atoms with Crippen LogP contribution in [0, 0.1) is 0 Å². The summed E-state index contributed by atoms with van der Waals surface area (Å²) in [5.74, 6) is 0.457. The molecule has 5 nitrogen and oxygen atoms in total. The van der Waals surface area contributed by atoms with Crippen molar-refractivity contribution in [1.82, 2.24) is 5.43 Å². The van der Waals surface area contributed by atoms with Crippen molar-refractivity contribution >= 4 is 28.6 Å². The van der Waals surface area contributed by atoms with Crippen LogP contribution in [0.1, 0.15) is 12.5 Å². The molecule has 0 fully saturated rings. The molecule has 0 heterocycles. The largest absolute Gasteiger partial charge is 0.495 e. The normalized spacial score (nSPS) is 12.1. The number of rotatable bonds is 6. The summed E-state index contributed by atoms with van der Waals surface area (Å²) in [6, 6.07) is 21.0. The predicted molar refractivity (Wildman–Crippen MR) is 106 cm³/mol. The molecule has 0 saturated heterocycles. The zero-order chi connectivity index (χ0) is 18.4. The summed E-state index contributed by atoms with van der Waals surface area (Å²) in [5.41, 5.74) is 4.29. The van der Waals surface area contributed by atoms with Gasteiger partial charge in [0.15, 0.2) is 0 Å². The maximum atomic E-state index is 12.3. The second-order valence-corrected chi connectivity index (χ2v) is 5.87. The van der Waals surface area contributed by atoms with Crippen LogP contribution in [0.5, 0.6) is 5.75 Å². The second kappa shape index (κ2) is 8.16. The number of carbonyl (C=O) groups is 1. The molecule has 0 aromatic heterocycles. The van der Waals surface area contributed by atoms with Gasteiger partial charge in [-0.25, -0.2) is 5.43 Å². The van der Waals surface area contributed by atoms with Crippen molar-refractivity contribution in [3.8, 4) is 5.75 Å². The Kier molecular flexibility index (Phi) is 5.49. The molecule has 3 aromatic carbocycles. The number of hydrazone groups is 1. The van der Waals surface area contributed by atoms with Crippen LogP contribution >= 0.6 is 0 Å². The van der Waals surface area contributed by atoms with Crippen LogP contribution < -0.4 is 15.5 Å². The Labute approximate surface area is 152 Å². The third-order valence-electron chi connectivity index (χ3n) is 4.07. The van der Waals surface area contributed by atoms with Gasteiger partial charge in [-0.15, -0.1) is 0 Å². The minimum absolute atomic E-state index is 0.229. The zero-order valence-corrected chi connectivity index (χ0v) is 14.8. The zero-order valence-electron chi connectivity index (χ0n) is 14.8. The van der Waals surface area contributed by atoms with E-state index in [1.807, 2.05) is 66.7 Å². The third-order valence-corrected chi connectivity index (χ3v) is 4.07. The molecule has 26 heavy (non-hydrogen) atoms. The van der Waals surface area contributed by atoms with Gasteiger partial charge in [-0.2, -0.15) is 5.10 Å². The van der Waals surface area contributed by atoms with Crippen LogP contribution in [0.25, 0.3) is 10.8 Å². The molecule has 0 unspecified atom stereocenters. The Morgan fingerprint density at radius 2 is 1.77 bits per heavy atom. The SMILES string of the molecule is COc1ccccc1N[C@@H](C)C(=O)N/N=C\c1cccc2ccccc12. The number of nitrogens with zero attached hydrogens (tertiary/aromatic N) is 1. The highest BCUT2D eigenvalue weighted by Gasteiger charge is 2.13. The Hall–Kier alpha value is -3.34. The van der Waals surface area contributed by atoms with Crippen molar-refractivity contribution in [2.45, 2.75) is 13.0 Å². The molecule has 3 rings (SSSR count). The number of nitrogens with one attached hydrogen (secondary N) is 2. The van der Waals surface area contributed by atoms with Gasteiger partial charge in [0.1, 0.15) is 11.8 Å². The van der Waals surface area contributed by atoms with E-state index in [2.05, 4.69) is 15.8 Å². The second-order valence-electron chi connectivity index (χ2n) is 5.87. The number of carbonyl (C=O) groups excluding carboxylic acids is 1. The highest BCUT2D eigenvalue weighted by Crippen LogP contribution is 2.23. The number of hydrogen-bond donors (Lipinski definition) is 2. The van der Waals surface area contributed by atoms with Crippen molar-refractivity contribution in [3.63, 3.8) is 0 Å². The Bertz CT molecular complexity index is 932. The molecule has 1 amide bonds. The van der Waals surface area contributed by atoms with E-state index in [1.165, 1.54) is 0 Å². The first-order chi connectivity index (χ1) is 12.7. The summed E-state index contributed by atoms with van der Waals surface area (Å²) < 4.78 is 5.28. The van der Waals surface area contributed by atoms with Gasteiger partial charge >= 0.3 is 0 Å². The lowest BCUT2D eigenvalue weighted by molar-refractivity contribution is -0.121. The quantitative estimate of drug-likeness (QED) is 0.527. The van der Waals surface area contributed by atoms with E-state index in [1.54, 1.807) is 20.2 Å². The van der Waals surface area contributed by atoms with E-state index in [0.717, 1.165) is 22.0 Å². The van der Waals surface area contributed by atoms with E-state index in [-0.39, 0.29) is 5.91 Å². The molecule has 132 valence electrons. The molecule has 5 heteroatoms. The number of benzene rings is 3. The molecule has 0 spiro atoms. The number of ether oxygens (including phenoxy) is 1. The molecule has 1 atom stereocenters. The number of fused-ring (bicyclic) bond motifs is 1. The van der Waals surface area contributed by atoms with Crippen molar-refractivity contribution in [3.05, 3.63) is 72.3 Å². The van der Waals surface area contributed by atoms with Gasteiger partial charge in [-0.3, -0.25) is 4.79 Å². The predicted octanol–water partition coefficient (Wildman–Crippen LogP) is 3.80. The Balaban J connectivity index is 1.65. The smallest absolute Gasteiger partial charge is 0.262 e. The summed E-state index contributed by atoms with van der Waals surface area (Å²) in [6.07, 6.45) is 1.66. The van der Waals surface area contributed by atoms with Crippen LogP contribution in [0.4, 0.5) is 5.69 Å². The summed E-state index contributed by atoms with van der Waals surface area (Å²) in [6.45, 7) is 1.77. The number of anilines is 1. The van der Waals surface area contributed by atoms with Gasteiger partial charge in [-0.1, -0.05) is 54.6 Å². The van der Waals surface area contributed by atoms with Crippen LogP contribution in [-0.4, -0.2) is 25.3 Å². The number of methoxy groups -OCH3 is 1. The number of amides is 1. The average Bonchev–Trinajstić information content (AvgIpc) is 2.68.